The van der Waals surface area contributed by atoms with E-state index in [1.165, 1.54) is 44.9 Å². The van der Waals surface area contributed by atoms with Gasteiger partial charge < -0.3 is 15.0 Å². The number of hydrogen-bond donors (Lipinski definition) is 1. The zero-order valence-electron chi connectivity index (χ0n) is 15.6. The monoisotopic (exact) mass is 324 g/mol. The predicted molar refractivity (Wildman–Crippen MR) is 94.6 cm³/mol. The highest BCUT2D eigenvalue weighted by Crippen LogP contribution is 2.40. The van der Waals surface area contributed by atoms with Gasteiger partial charge in [-0.1, -0.05) is 25.7 Å². The van der Waals surface area contributed by atoms with Gasteiger partial charge in [0.15, 0.2) is 0 Å². The number of hydrogen-bond acceptors (Lipinski definition) is 3. The van der Waals surface area contributed by atoms with Crippen molar-refractivity contribution < 1.29 is 9.53 Å². The summed E-state index contributed by atoms with van der Waals surface area (Å²) in [6.07, 6.45) is 9.60. The summed E-state index contributed by atoms with van der Waals surface area (Å²) in [5.74, 6) is 1.94. The summed E-state index contributed by atoms with van der Waals surface area (Å²) in [4.78, 5) is 13.9. The van der Waals surface area contributed by atoms with E-state index in [0.717, 1.165) is 24.9 Å². The van der Waals surface area contributed by atoms with E-state index >= 15 is 0 Å². The minimum Gasteiger partial charge on any atom is -0.444 e. The fourth-order valence-corrected chi connectivity index (χ4v) is 4.17. The molecule has 2 fully saturated rings. The topological polar surface area (TPSA) is 41.6 Å². The number of amides is 1. The molecule has 0 spiro atoms. The second kappa shape index (κ2) is 8.36. The Kier molecular flexibility index (Phi) is 6.75. The van der Waals surface area contributed by atoms with Crippen LogP contribution in [-0.4, -0.2) is 42.3 Å². The molecular formula is C19H36N2O2. The van der Waals surface area contributed by atoms with E-state index in [0.29, 0.717) is 12.6 Å². The quantitative estimate of drug-likeness (QED) is 0.824. The molecule has 0 aliphatic heterocycles. The first-order chi connectivity index (χ1) is 10.9. The van der Waals surface area contributed by atoms with Gasteiger partial charge in [-0.25, -0.2) is 4.79 Å². The Labute approximate surface area is 142 Å². The molecule has 2 rings (SSSR count). The Morgan fingerprint density at radius 3 is 2.48 bits per heavy atom. The van der Waals surface area contributed by atoms with Gasteiger partial charge in [-0.15, -0.1) is 0 Å². The van der Waals surface area contributed by atoms with Crippen LogP contribution in [0.1, 0.15) is 72.6 Å². The molecular weight excluding hydrogens is 288 g/mol. The summed E-state index contributed by atoms with van der Waals surface area (Å²) in [5, 5.41) is 3.69. The highest BCUT2D eigenvalue weighted by molar-refractivity contribution is 5.68. The Hall–Kier alpha value is -0.770. The van der Waals surface area contributed by atoms with Crippen LogP contribution in [0.5, 0.6) is 0 Å². The molecule has 2 aliphatic rings. The molecule has 0 aromatic rings. The molecule has 0 aromatic carbocycles. The van der Waals surface area contributed by atoms with E-state index in [4.69, 9.17) is 4.74 Å². The maximum absolute atomic E-state index is 12.1. The molecule has 1 N–H and O–H groups in total. The van der Waals surface area contributed by atoms with E-state index in [1.807, 2.05) is 27.7 Å². The number of ether oxygens (including phenoxy) is 1. The Morgan fingerprint density at radius 1 is 1.13 bits per heavy atom. The number of carbonyl (C=O) groups excluding carboxylic acids is 1. The average Bonchev–Trinajstić information content (AvgIpc) is 2.49. The van der Waals surface area contributed by atoms with Crippen molar-refractivity contribution in [3.8, 4) is 0 Å². The maximum Gasteiger partial charge on any atom is 0.410 e. The van der Waals surface area contributed by atoms with Crippen LogP contribution >= 0.6 is 0 Å². The fraction of sp³-hybridized carbons (Fsp3) is 0.947. The first-order valence-electron chi connectivity index (χ1n) is 9.60. The van der Waals surface area contributed by atoms with Gasteiger partial charge in [0, 0.05) is 25.7 Å². The van der Waals surface area contributed by atoms with Gasteiger partial charge in [0.2, 0.25) is 0 Å². The average molecular weight is 325 g/mol. The Balaban J connectivity index is 1.70. The Morgan fingerprint density at radius 2 is 1.83 bits per heavy atom. The van der Waals surface area contributed by atoms with Crippen molar-refractivity contribution in [1.82, 2.24) is 10.2 Å². The van der Waals surface area contributed by atoms with Crippen molar-refractivity contribution in [3.63, 3.8) is 0 Å². The SMILES string of the molecule is CCN(CCNC1CCC2CCCCC2C1)C(=O)OC(C)(C)C. The third kappa shape index (κ3) is 5.98. The first kappa shape index (κ1) is 18.6. The van der Waals surface area contributed by atoms with Crippen molar-refractivity contribution in [3.05, 3.63) is 0 Å². The minimum atomic E-state index is -0.419. The third-order valence-electron chi connectivity index (χ3n) is 5.39. The van der Waals surface area contributed by atoms with Crippen molar-refractivity contribution >= 4 is 6.09 Å². The molecule has 134 valence electrons. The van der Waals surface area contributed by atoms with Crippen LogP contribution in [0.25, 0.3) is 0 Å². The summed E-state index contributed by atoms with van der Waals surface area (Å²) >= 11 is 0. The normalized spacial score (nSPS) is 28.1. The fourth-order valence-electron chi connectivity index (χ4n) is 4.17. The summed E-state index contributed by atoms with van der Waals surface area (Å²) in [5.41, 5.74) is -0.419. The first-order valence-corrected chi connectivity index (χ1v) is 9.60. The molecule has 0 bridgehead atoms. The number of fused-ring (bicyclic) bond motifs is 1. The zero-order valence-corrected chi connectivity index (χ0v) is 15.6. The second-order valence-electron chi connectivity index (χ2n) is 8.33. The molecule has 0 heterocycles. The van der Waals surface area contributed by atoms with Gasteiger partial charge in [0.1, 0.15) is 5.60 Å². The number of nitrogens with one attached hydrogen (secondary N) is 1. The largest absolute Gasteiger partial charge is 0.444 e. The smallest absolute Gasteiger partial charge is 0.410 e. The van der Waals surface area contributed by atoms with Crippen molar-refractivity contribution in [2.45, 2.75) is 84.3 Å². The molecule has 23 heavy (non-hydrogen) atoms. The van der Waals surface area contributed by atoms with Crippen LogP contribution in [0.15, 0.2) is 0 Å². The maximum atomic E-state index is 12.1. The molecule has 0 radical (unpaired) electrons. The van der Waals surface area contributed by atoms with Crippen molar-refractivity contribution in [1.29, 1.82) is 0 Å². The summed E-state index contributed by atoms with van der Waals surface area (Å²) in [7, 11) is 0. The standard InChI is InChI=1S/C19H36N2O2/c1-5-21(18(22)23-19(2,3)4)13-12-20-17-11-10-15-8-6-7-9-16(15)14-17/h15-17,20H,5-14H2,1-4H3. The van der Waals surface area contributed by atoms with E-state index in [-0.39, 0.29) is 6.09 Å². The molecule has 2 aliphatic carbocycles. The summed E-state index contributed by atoms with van der Waals surface area (Å²) in [6, 6.07) is 0.645. The highest BCUT2D eigenvalue weighted by atomic mass is 16.6. The zero-order chi connectivity index (χ0) is 16.9. The minimum absolute atomic E-state index is 0.196. The van der Waals surface area contributed by atoms with Gasteiger partial charge in [-0.3, -0.25) is 0 Å². The number of nitrogens with zero attached hydrogens (tertiary/aromatic N) is 1. The Bertz CT molecular complexity index is 378. The van der Waals surface area contributed by atoms with Crippen LogP contribution in [0.2, 0.25) is 0 Å². The highest BCUT2D eigenvalue weighted by Gasteiger charge is 2.31. The van der Waals surface area contributed by atoms with Gasteiger partial charge in [0.25, 0.3) is 0 Å². The molecule has 3 unspecified atom stereocenters. The molecule has 1 amide bonds. The molecule has 4 heteroatoms. The van der Waals surface area contributed by atoms with Gasteiger partial charge in [-0.05, 0) is 58.8 Å². The van der Waals surface area contributed by atoms with Crippen molar-refractivity contribution in [2.24, 2.45) is 11.8 Å². The molecule has 4 nitrogen and oxygen atoms in total. The van der Waals surface area contributed by atoms with Crippen LogP contribution in [-0.2, 0) is 4.74 Å². The van der Waals surface area contributed by atoms with E-state index in [2.05, 4.69) is 5.32 Å². The van der Waals surface area contributed by atoms with Crippen LogP contribution in [0.3, 0.4) is 0 Å². The lowest BCUT2D eigenvalue weighted by molar-refractivity contribution is 0.0258. The van der Waals surface area contributed by atoms with E-state index in [1.54, 1.807) is 4.90 Å². The third-order valence-corrected chi connectivity index (χ3v) is 5.39. The molecule has 2 saturated carbocycles. The van der Waals surface area contributed by atoms with Gasteiger partial charge in [-0.2, -0.15) is 0 Å². The second-order valence-corrected chi connectivity index (χ2v) is 8.33. The van der Waals surface area contributed by atoms with Crippen molar-refractivity contribution in [2.75, 3.05) is 19.6 Å². The summed E-state index contributed by atoms with van der Waals surface area (Å²) < 4.78 is 5.46. The number of likely N-dealkylation sites (N-methyl/N-ethyl adjacent to an activating group) is 1. The lowest BCUT2D eigenvalue weighted by Gasteiger charge is -2.39. The lowest BCUT2D eigenvalue weighted by atomic mass is 9.69. The van der Waals surface area contributed by atoms with E-state index in [9.17, 15) is 4.79 Å². The number of carbonyl (C=O) groups is 1. The number of rotatable bonds is 5. The van der Waals surface area contributed by atoms with Gasteiger partial charge >= 0.3 is 6.09 Å². The van der Waals surface area contributed by atoms with Crippen LogP contribution in [0, 0.1) is 11.8 Å². The van der Waals surface area contributed by atoms with E-state index < -0.39 is 5.60 Å². The predicted octanol–water partition coefficient (Wildman–Crippen LogP) is 4.19. The van der Waals surface area contributed by atoms with Crippen LogP contribution in [0.4, 0.5) is 4.79 Å². The van der Waals surface area contributed by atoms with Crippen LogP contribution < -0.4 is 5.32 Å². The molecule has 0 saturated heterocycles. The van der Waals surface area contributed by atoms with Gasteiger partial charge in [0.05, 0.1) is 0 Å². The summed E-state index contributed by atoms with van der Waals surface area (Å²) in [6.45, 7) is 10.1. The molecule has 0 aromatic heterocycles. The molecule has 3 atom stereocenters. The lowest BCUT2D eigenvalue weighted by Crippen LogP contribution is -2.44.